The van der Waals surface area contributed by atoms with Gasteiger partial charge in [-0.1, -0.05) is 91.9 Å². The van der Waals surface area contributed by atoms with Crippen LogP contribution in [0.1, 0.15) is 55.8 Å². The van der Waals surface area contributed by atoms with Crippen molar-refractivity contribution in [3.63, 3.8) is 0 Å². The van der Waals surface area contributed by atoms with Crippen molar-refractivity contribution in [1.29, 1.82) is 0 Å². The van der Waals surface area contributed by atoms with E-state index < -0.39 is 17.4 Å². The summed E-state index contributed by atoms with van der Waals surface area (Å²) in [6, 6.07) is 34.2. The zero-order chi connectivity index (χ0) is 23.4. The van der Waals surface area contributed by atoms with E-state index in [1.807, 2.05) is 60.7 Å². The third kappa shape index (κ3) is 4.28. The SMILES string of the molecule is CC(c1ccc(C(=O)O)cc1)(c1ccc(C(=O)O)cc1)C(c1ccccc1)c1ccccc1. The highest BCUT2D eigenvalue weighted by atomic mass is 16.4. The smallest absolute Gasteiger partial charge is 0.335 e. The summed E-state index contributed by atoms with van der Waals surface area (Å²) in [4.78, 5) is 22.9. The Morgan fingerprint density at radius 3 is 1.21 bits per heavy atom. The summed E-state index contributed by atoms with van der Waals surface area (Å²) in [5.74, 6) is -2.06. The molecular weight excluding hydrogens is 412 g/mol. The van der Waals surface area contributed by atoms with E-state index in [0.29, 0.717) is 0 Å². The standard InChI is InChI=1S/C29H24O4/c1-29(24-16-12-22(13-17-24)27(30)31,25-18-14-23(15-19-25)28(32)33)26(20-8-4-2-5-9-20)21-10-6-3-7-11-21/h2-19,26H,1H3,(H,30,31)(H,32,33). The zero-order valence-corrected chi connectivity index (χ0v) is 18.2. The molecule has 4 aromatic carbocycles. The molecule has 0 heterocycles. The lowest BCUT2D eigenvalue weighted by Gasteiger charge is -2.40. The molecule has 0 aliphatic heterocycles. The number of hydrogen-bond acceptors (Lipinski definition) is 2. The van der Waals surface area contributed by atoms with Gasteiger partial charge < -0.3 is 10.2 Å². The van der Waals surface area contributed by atoms with E-state index in [4.69, 9.17) is 0 Å². The maximum Gasteiger partial charge on any atom is 0.335 e. The molecule has 0 atom stereocenters. The summed E-state index contributed by atoms with van der Waals surface area (Å²) in [7, 11) is 0. The molecule has 2 N–H and O–H groups in total. The lowest BCUT2D eigenvalue weighted by molar-refractivity contribution is 0.0686. The Morgan fingerprint density at radius 1 is 0.576 bits per heavy atom. The van der Waals surface area contributed by atoms with Crippen LogP contribution < -0.4 is 0 Å². The van der Waals surface area contributed by atoms with Crippen molar-refractivity contribution in [2.24, 2.45) is 0 Å². The molecule has 0 fully saturated rings. The largest absolute Gasteiger partial charge is 0.478 e. The van der Waals surface area contributed by atoms with Crippen molar-refractivity contribution >= 4 is 11.9 Å². The molecule has 0 aliphatic rings. The number of benzene rings is 4. The Bertz CT molecular complexity index is 1150. The fraction of sp³-hybridized carbons (Fsp3) is 0.103. The summed E-state index contributed by atoms with van der Waals surface area (Å²) >= 11 is 0. The van der Waals surface area contributed by atoms with E-state index in [-0.39, 0.29) is 17.0 Å². The highest BCUT2D eigenvalue weighted by molar-refractivity contribution is 5.88. The molecule has 164 valence electrons. The van der Waals surface area contributed by atoms with Crippen LogP contribution in [0.5, 0.6) is 0 Å². The Kier molecular flexibility index (Phi) is 6.09. The summed E-state index contributed by atoms with van der Waals surface area (Å²) in [6.07, 6.45) is 0. The van der Waals surface area contributed by atoms with Gasteiger partial charge in [0.15, 0.2) is 0 Å². The van der Waals surface area contributed by atoms with Gasteiger partial charge in [-0.2, -0.15) is 0 Å². The van der Waals surface area contributed by atoms with Gasteiger partial charge in [-0.05, 0) is 46.5 Å². The first kappa shape index (κ1) is 22.0. The highest BCUT2D eigenvalue weighted by Crippen LogP contribution is 2.48. The lowest BCUT2D eigenvalue weighted by atomic mass is 9.62. The van der Waals surface area contributed by atoms with Gasteiger partial charge in [-0.3, -0.25) is 0 Å². The summed E-state index contributed by atoms with van der Waals surface area (Å²) in [5.41, 5.74) is 3.92. The van der Waals surface area contributed by atoms with Crippen molar-refractivity contribution in [2.45, 2.75) is 18.3 Å². The molecule has 0 saturated heterocycles. The van der Waals surface area contributed by atoms with Crippen LogP contribution in [-0.4, -0.2) is 22.2 Å². The molecule has 4 aromatic rings. The number of hydrogen-bond donors (Lipinski definition) is 2. The minimum atomic E-state index is -0.975. The predicted octanol–water partition coefficient (Wildman–Crippen LogP) is 6.22. The first-order valence-electron chi connectivity index (χ1n) is 10.7. The van der Waals surface area contributed by atoms with Crippen LogP contribution in [0.15, 0.2) is 109 Å². The number of carboxylic acid groups (broad SMARTS) is 2. The topological polar surface area (TPSA) is 74.6 Å². The van der Waals surface area contributed by atoms with Crippen molar-refractivity contribution < 1.29 is 19.8 Å². The van der Waals surface area contributed by atoms with Gasteiger partial charge in [0.05, 0.1) is 11.1 Å². The van der Waals surface area contributed by atoms with Crippen molar-refractivity contribution in [1.82, 2.24) is 0 Å². The first-order chi connectivity index (χ1) is 15.9. The van der Waals surface area contributed by atoms with Crippen molar-refractivity contribution in [3.8, 4) is 0 Å². The molecule has 4 nitrogen and oxygen atoms in total. The third-order valence-electron chi connectivity index (χ3n) is 6.31. The van der Waals surface area contributed by atoms with E-state index in [0.717, 1.165) is 22.3 Å². The fourth-order valence-corrected chi connectivity index (χ4v) is 4.57. The van der Waals surface area contributed by atoms with Crippen LogP contribution in [0.2, 0.25) is 0 Å². The van der Waals surface area contributed by atoms with Crippen LogP contribution >= 0.6 is 0 Å². The van der Waals surface area contributed by atoms with E-state index in [2.05, 4.69) is 31.2 Å². The molecule has 33 heavy (non-hydrogen) atoms. The van der Waals surface area contributed by atoms with Gasteiger partial charge in [0.1, 0.15) is 0 Å². The van der Waals surface area contributed by atoms with Gasteiger partial charge in [0, 0.05) is 11.3 Å². The average molecular weight is 437 g/mol. The normalized spacial score (nSPS) is 11.3. The van der Waals surface area contributed by atoms with Gasteiger partial charge >= 0.3 is 11.9 Å². The van der Waals surface area contributed by atoms with E-state index in [1.165, 1.54) is 0 Å². The maximum atomic E-state index is 11.5. The maximum absolute atomic E-state index is 11.5. The molecule has 0 aromatic heterocycles. The van der Waals surface area contributed by atoms with Crippen molar-refractivity contribution in [3.05, 3.63) is 143 Å². The third-order valence-corrected chi connectivity index (χ3v) is 6.31. The molecule has 4 rings (SSSR count). The molecule has 0 aliphatic carbocycles. The quantitative estimate of drug-likeness (QED) is 0.361. The molecule has 0 unspecified atom stereocenters. The number of carbonyl (C=O) groups is 2. The summed E-state index contributed by atoms with van der Waals surface area (Å²) < 4.78 is 0. The lowest BCUT2D eigenvalue weighted by Crippen LogP contribution is -2.33. The zero-order valence-electron chi connectivity index (χ0n) is 18.2. The Hall–Kier alpha value is -4.18. The summed E-state index contributed by atoms with van der Waals surface area (Å²) in [5, 5.41) is 18.8. The number of carboxylic acids is 2. The number of aromatic carboxylic acids is 2. The van der Waals surface area contributed by atoms with Crippen LogP contribution in [0.4, 0.5) is 0 Å². The second kappa shape index (κ2) is 9.13. The first-order valence-corrected chi connectivity index (χ1v) is 10.7. The molecule has 0 saturated carbocycles. The monoisotopic (exact) mass is 436 g/mol. The fourth-order valence-electron chi connectivity index (χ4n) is 4.57. The Labute approximate surface area is 192 Å². The minimum absolute atomic E-state index is 0.105. The van der Waals surface area contributed by atoms with Crippen LogP contribution in [0.25, 0.3) is 0 Å². The van der Waals surface area contributed by atoms with Crippen LogP contribution in [-0.2, 0) is 5.41 Å². The molecule has 0 radical (unpaired) electrons. The highest BCUT2D eigenvalue weighted by Gasteiger charge is 2.39. The van der Waals surface area contributed by atoms with Gasteiger partial charge in [-0.25, -0.2) is 9.59 Å². The molecule has 4 heteroatoms. The van der Waals surface area contributed by atoms with Gasteiger partial charge in [0.25, 0.3) is 0 Å². The number of rotatable bonds is 7. The van der Waals surface area contributed by atoms with Gasteiger partial charge in [-0.15, -0.1) is 0 Å². The second-order valence-corrected chi connectivity index (χ2v) is 8.22. The summed E-state index contributed by atoms with van der Waals surface area (Å²) in [6.45, 7) is 2.13. The predicted molar refractivity (Wildman–Crippen MR) is 128 cm³/mol. The van der Waals surface area contributed by atoms with E-state index in [1.54, 1.807) is 24.3 Å². The van der Waals surface area contributed by atoms with Crippen LogP contribution in [0, 0.1) is 0 Å². The minimum Gasteiger partial charge on any atom is -0.478 e. The Morgan fingerprint density at radius 2 is 0.909 bits per heavy atom. The van der Waals surface area contributed by atoms with Gasteiger partial charge in [0.2, 0.25) is 0 Å². The Balaban J connectivity index is 1.99. The molecular formula is C29H24O4. The van der Waals surface area contributed by atoms with E-state index in [9.17, 15) is 19.8 Å². The van der Waals surface area contributed by atoms with Crippen molar-refractivity contribution in [2.75, 3.05) is 0 Å². The molecule has 0 bridgehead atoms. The molecule has 0 amide bonds. The second-order valence-electron chi connectivity index (χ2n) is 8.22. The average Bonchev–Trinajstić information content (AvgIpc) is 2.85. The van der Waals surface area contributed by atoms with Crippen LogP contribution in [0.3, 0.4) is 0 Å². The van der Waals surface area contributed by atoms with E-state index >= 15 is 0 Å². The molecule has 0 spiro atoms.